The molecule has 1 aliphatic rings. The minimum absolute atomic E-state index is 0.0444. The van der Waals surface area contributed by atoms with E-state index in [4.69, 9.17) is 15.2 Å². The lowest BCUT2D eigenvalue weighted by Gasteiger charge is -2.15. The highest BCUT2D eigenvalue weighted by Gasteiger charge is 2.19. The molecule has 0 aliphatic carbocycles. The molecular weight excluding hydrogens is 192 g/mol. The van der Waals surface area contributed by atoms with Gasteiger partial charge in [-0.3, -0.25) is 4.98 Å². The summed E-state index contributed by atoms with van der Waals surface area (Å²) < 4.78 is 10.7. The Balaban J connectivity index is 1.79. The van der Waals surface area contributed by atoms with E-state index < -0.39 is 0 Å². The lowest BCUT2D eigenvalue weighted by molar-refractivity contribution is -0.0505. The number of hydrogen-bond acceptors (Lipinski definition) is 4. The van der Waals surface area contributed by atoms with Gasteiger partial charge in [0, 0.05) is 30.8 Å². The Kier molecular flexibility index (Phi) is 3.66. The number of hydrogen-bond donors (Lipinski definition) is 1. The molecule has 2 N–H and O–H groups in total. The van der Waals surface area contributed by atoms with Crippen molar-refractivity contribution < 1.29 is 9.47 Å². The molecule has 1 unspecified atom stereocenters. The third kappa shape index (κ3) is 3.27. The van der Waals surface area contributed by atoms with Crippen LogP contribution in [0.4, 0.5) is 0 Å². The van der Waals surface area contributed by atoms with E-state index in [2.05, 4.69) is 4.98 Å². The van der Waals surface area contributed by atoms with Crippen LogP contribution in [0.1, 0.15) is 12.1 Å². The van der Waals surface area contributed by atoms with Crippen LogP contribution in [-0.2, 0) is 15.9 Å². The molecule has 4 heteroatoms. The number of pyridine rings is 1. The van der Waals surface area contributed by atoms with Gasteiger partial charge < -0.3 is 15.2 Å². The first-order valence-electron chi connectivity index (χ1n) is 5.23. The van der Waals surface area contributed by atoms with Gasteiger partial charge in [-0.05, 0) is 12.1 Å². The normalized spacial score (nSPS) is 19.3. The van der Waals surface area contributed by atoms with Gasteiger partial charge in [-0.1, -0.05) is 6.07 Å². The topological polar surface area (TPSA) is 57.4 Å². The molecule has 1 atom stereocenters. The number of nitrogens with two attached hydrogens (primary N) is 1. The third-order valence-electron chi connectivity index (χ3n) is 2.38. The van der Waals surface area contributed by atoms with Crippen molar-refractivity contribution in [1.82, 2.24) is 4.98 Å². The van der Waals surface area contributed by atoms with Crippen LogP contribution in [0.2, 0.25) is 0 Å². The smallest absolute Gasteiger partial charge is 0.159 e. The summed E-state index contributed by atoms with van der Waals surface area (Å²) in [6, 6.07) is 5.90. The van der Waals surface area contributed by atoms with E-state index in [0.717, 1.165) is 18.5 Å². The highest BCUT2D eigenvalue weighted by Crippen LogP contribution is 2.11. The van der Waals surface area contributed by atoms with Crippen LogP contribution in [0.5, 0.6) is 0 Å². The maximum absolute atomic E-state index is 5.99. The summed E-state index contributed by atoms with van der Waals surface area (Å²) in [5, 5.41) is 0. The first-order valence-corrected chi connectivity index (χ1v) is 5.23. The Labute approximate surface area is 89.4 Å². The fourth-order valence-corrected chi connectivity index (χ4v) is 1.66. The van der Waals surface area contributed by atoms with E-state index >= 15 is 0 Å². The Morgan fingerprint density at radius 3 is 2.87 bits per heavy atom. The van der Waals surface area contributed by atoms with Gasteiger partial charge in [0.15, 0.2) is 6.29 Å². The average molecular weight is 208 g/mol. The van der Waals surface area contributed by atoms with Gasteiger partial charge in [0.25, 0.3) is 0 Å². The van der Waals surface area contributed by atoms with Gasteiger partial charge in [0.1, 0.15) is 0 Å². The van der Waals surface area contributed by atoms with Crippen LogP contribution < -0.4 is 5.73 Å². The Morgan fingerprint density at radius 2 is 2.20 bits per heavy atom. The van der Waals surface area contributed by atoms with Gasteiger partial charge >= 0.3 is 0 Å². The summed E-state index contributed by atoms with van der Waals surface area (Å²) in [5.41, 5.74) is 7.00. The Morgan fingerprint density at radius 1 is 1.40 bits per heavy atom. The van der Waals surface area contributed by atoms with Crippen molar-refractivity contribution in [2.45, 2.75) is 25.2 Å². The van der Waals surface area contributed by atoms with Crippen molar-refractivity contribution in [2.75, 3.05) is 13.2 Å². The van der Waals surface area contributed by atoms with Crippen molar-refractivity contribution in [3.63, 3.8) is 0 Å². The predicted molar refractivity (Wildman–Crippen MR) is 56.2 cm³/mol. The summed E-state index contributed by atoms with van der Waals surface area (Å²) >= 11 is 0. The fourth-order valence-electron chi connectivity index (χ4n) is 1.66. The molecule has 0 radical (unpaired) electrons. The van der Waals surface area contributed by atoms with Crippen LogP contribution in [-0.4, -0.2) is 30.5 Å². The average Bonchev–Trinajstić information content (AvgIpc) is 2.71. The van der Waals surface area contributed by atoms with Gasteiger partial charge in [0.05, 0.1) is 13.2 Å². The predicted octanol–water partition coefficient (Wildman–Crippen LogP) is 0.714. The van der Waals surface area contributed by atoms with Crippen molar-refractivity contribution in [1.29, 1.82) is 0 Å². The van der Waals surface area contributed by atoms with Crippen molar-refractivity contribution in [3.05, 3.63) is 30.1 Å². The lowest BCUT2D eigenvalue weighted by atomic mass is 10.1. The van der Waals surface area contributed by atoms with Crippen LogP contribution in [0, 0.1) is 0 Å². The molecular formula is C11H16N2O2. The van der Waals surface area contributed by atoms with Crippen LogP contribution in [0.25, 0.3) is 0 Å². The number of ether oxygens (including phenoxy) is 2. The summed E-state index contributed by atoms with van der Waals surface area (Å²) in [5.74, 6) is 0. The number of aromatic nitrogens is 1. The third-order valence-corrected chi connectivity index (χ3v) is 2.38. The zero-order valence-corrected chi connectivity index (χ0v) is 8.63. The second-order valence-corrected chi connectivity index (χ2v) is 3.69. The molecule has 82 valence electrons. The molecule has 1 fully saturated rings. The summed E-state index contributed by atoms with van der Waals surface area (Å²) in [6.07, 6.45) is 3.16. The lowest BCUT2D eigenvalue weighted by Crippen LogP contribution is -2.29. The van der Waals surface area contributed by atoms with Crippen molar-refractivity contribution >= 4 is 0 Å². The summed E-state index contributed by atoms with van der Waals surface area (Å²) in [4.78, 5) is 4.23. The SMILES string of the molecule is NC(Cc1ccccn1)CC1OCCO1. The van der Waals surface area contributed by atoms with Gasteiger partial charge in [0.2, 0.25) is 0 Å². The maximum atomic E-state index is 5.99. The zero-order valence-electron chi connectivity index (χ0n) is 8.63. The molecule has 1 aliphatic heterocycles. The van der Waals surface area contributed by atoms with Gasteiger partial charge in [-0.15, -0.1) is 0 Å². The molecule has 0 aromatic carbocycles. The van der Waals surface area contributed by atoms with E-state index in [1.165, 1.54) is 0 Å². The quantitative estimate of drug-likeness (QED) is 0.792. The molecule has 1 saturated heterocycles. The minimum atomic E-state index is -0.122. The molecule has 0 amide bonds. The molecule has 1 aromatic heterocycles. The van der Waals surface area contributed by atoms with E-state index in [0.29, 0.717) is 13.2 Å². The van der Waals surface area contributed by atoms with E-state index in [-0.39, 0.29) is 12.3 Å². The Hall–Kier alpha value is -0.970. The van der Waals surface area contributed by atoms with Crippen LogP contribution in [0.15, 0.2) is 24.4 Å². The Bertz CT molecular complexity index is 286. The summed E-state index contributed by atoms with van der Waals surface area (Å²) in [7, 11) is 0. The van der Waals surface area contributed by atoms with E-state index in [1.807, 2.05) is 18.2 Å². The summed E-state index contributed by atoms with van der Waals surface area (Å²) in [6.45, 7) is 1.36. The molecule has 0 saturated carbocycles. The first-order chi connectivity index (χ1) is 7.34. The number of rotatable bonds is 4. The van der Waals surface area contributed by atoms with Gasteiger partial charge in [-0.25, -0.2) is 0 Å². The second kappa shape index (κ2) is 5.21. The van der Waals surface area contributed by atoms with Crippen molar-refractivity contribution in [2.24, 2.45) is 5.73 Å². The van der Waals surface area contributed by atoms with Crippen LogP contribution in [0.3, 0.4) is 0 Å². The van der Waals surface area contributed by atoms with E-state index in [9.17, 15) is 0 Å². The highest BCUT2D eigenvalue weighted by atomic mass is 16.7. The molecule has 2 rings (SSSR count). The zero-order chi connectivity index (χ0) is 10.5. The maximum Gasteiger partial charge on any atom is 0.159 e. The largest absolute Gasteiger partial charge is 0.350 e. The highest BCUT2D eigenvalue weighted by molar-refractivity contribution is 5.05. The van der Waals surface area contributed by atoms with Gasteiger partial charge in [-0.2, -0.15) is 0 Å². The molecule has 4 nitrogen and oxygen atoms in total. The van der Waals surface area contributed by atoms with E-state index in [1.54, 1.807) is 6.20 Å². The standard InChI is InChI=1S/C11H16N2O2/c12-9(8-11-14-5-6-15-11)7-10-3-1-2-4-13-10/h1-4,9,11H,5-8,12H2. The first kappa shape index (κ1) is 10.5. The monoisotopic (exact) mass is 208 g/mol. The van der Waals surface area contributed by atoms with Crippen molar-refractivity contribution in [3.8, 4) is 0 Å². The fraction of sp³-hybridized carbons (Fsp3) is 0.545. The molecule has 1 aromatic rings. The number of nitrogens with zero attached hydrogens (tertiary/aromatic N) is 1. The minimum Gasteiger partial charge on any atom is -0.350 e. The second-order valence-electron chi connectivity index (χ2n) is 3.69. The molecule has 15 heavy (non-hydrogen) atoms. The van der Waals surface area contributed by atoms with Crippen LogP contribution >= 0.6 is 0 Å². The molecule has 0 spiro atoms. The molecule has 0 bridgehead atoms. The molecule has 2 heterocycles.